The zero-order valence-electron chi connectivity index (χ0n) is 16.7. The number of carbonyl (C=O) groups is 1. The summed E-state index contributed by atoms with van der Waals surface area (Å²) >= 11 is 0. The van der Waals surface area contributed by atoms with Crippen LogP contribution in [-0.4, -0.2) is 43.1 Å². The summed E-state index contributed by atoms with van der Waals surface area (Å²) in [5.74, 6) is -9.02. The Morgan fingerprint density at radius 2 is 1.53 bits per heavy atom. The molecule has 1 spiro atoms. The number of carbonyl (C=O) groups excluding carboxylic acids is 1. The molecule has 5 fully saturated rings. The largest absolute Gasteiger partial charge is 0.748 e. The Morgan fingerprint density at radius 1 is 0.933 bits per heavy atom. The monoisotopic (exact) mass is 455 g/mol. The molecule has 0 N–H and O–H groups in total. The standard InChI is InChI=1S/C20H28F4O5S/c21-19(22)3-1-2-18(4-5-20(19,23)24)14-8-13-9-15(18)12-17(10-13,11-14)16(25)29-6-7-30(26,27)28/h13-15H,1-12H2,(H,26,27,28)/p-1. The lowest BCUT2D eigenvalue weighted by Crippen LogP contribution is -2.60. The second-order valence-electron chi connectivity index (χ2n) is 10.0. The molecule has 5 aliphatic carbocycles. The second kappa shape index (κ2) is 7.05. The number of esters is 1. The summed E-state index contributed by atoms with van der Waals surface area (Å²) in [6.07, 6.45) is 2.06. The summed E-state index contributed by atoms with van der Waals surface area (Å²) in [6, 6.07) is 0. The first kappa shape index (κ1) is 22.3. The van der Waals surface area contributed by atoms with Gasteiger partial charge in [-0.3, -0.25) is 4.79 Å². The summed E-state index contributed by atoms with van der Waals surface area (Å²) in [5.41, 5.74) is -1.22. The first-order valence-electron chi connectivity index (χ1n) is 10.7. The fourth-order valence-corrected chi connectivity index (χ4v) is 7.45. The number of halogens is 4. The molecular weight excluding hydrogens is 428 g/mol. The fourth-order valence-electron chi connectivity index (χ4n) is 7.17. The molecule has 5 nitrogen and oxygen atoms in total. The van der Waals surface area contributed by atoms with Crippen molar-refractivity contribution in [2.45, 2.75) is 76.1 Å². The van der Waals surface area contributed by atoms with Crippen LogP contribution in [0.3, 0.4) is 0 Å². The van der Waals surface area contributed by atoms with Crippen molar-refractivity contribution in [3.8, 4) is 0 Å². The maximum Gasteiger partial charge on any atom is 0.312 e. The highest BCUT2D eigenvalue weighted by Gasteiger charge is 2.66. The van der Waals surface area contributed by atoms with Gasteiger partial charge in [-0.2, -0.15) is 17.6 Å². The van der Waals surface area contributed by atoms with Crippen molar-refractivity contribution in [2.75, 3.05) is 12.4 Å². The van der Waals surface area contributed by atoms with E-state index in [-0.39, 0.29) is 30.6 Å². The van der Waals surface area contributed by atoms with E-state index >= 15 is 0 Å². The third-order valence-corrected chi connectivity index (χ3v) is 9.05. The van der Waals surface area contributed by atoms with E-state index < -0.39 is 64.0 Å². The van der Waals surface area contributed by atoms with Crippen LogP contribution < -0.4 is 0 Å². The highest BCUT2D eigenvalue weighted by molar-refractivity contribution is 7.85. The maximum absolute atomic E-state index is 14.2. The van der Waals surface area contributed by atoms with Gasteiger partial charge in [0.1, 0.15) is 6.61 Å². The van der Waals surface area contributed by atoms with Crippen LogP contribution >= 0.6 is 0 Å². The SMILES string of the molecule is O=C(OCCS(=O)(=O)[O-])C12CC3CC(C1)C1(CCCC(F)(F)C(F)(F)CC1)C(C3)C2. The molecule has 2 unspecified atom stereocenters. The van der Waals surface area contributed by atoms with E-state index in [4.69, 9.17) is 4.74 Å². The quantitative estimate of drug-likeness (QED) is 0.362. The third-order valence-electron chi connectivity index (χ3n) is 8.39. The Balaban J connectivity index is 1.51. The summed E-state index contributed by atoms with van der Waals surface area (Å²) in [6.45, 7) is -0.487. The molecule has 0 aromatic rings. The predicted octanol–water partition coefficient (Wildman–Crippen LogP) is 4.12. The molecule has 0 saturated heterocycles. The van der Waals surface area contributed by atoms with Crippen LogP contribution in [0.5, 0.6) is 0 Å². The van der Waals surface area contributed by atoms with Crippen molar-refractivity contribution in [2.24, 2.45) is 28.6 Å². The van der Waals surface area contributed by atoms with Crippen molar-refractivity contribution in [3.63, 3.8) is 0 Å². The highest BCUT2D eigenvalue weighted by Crippen LogP contribution is 2.70. The molecule has 0 aliphatic heterocycles. The molecule has 10 heteroatoms. The lowest BCUT2D eigenvalue weighted by Gasteiger charge is -2.65. The topological polar surface area (TPSA) is 83.5 Å². The van der Waals surface area contributed by atoms with Crippen molar-refractivity contribution in [1.82, 2.24) is 0 Å². The van der Waals surface area contributed by atoms with Gasteiger partial charge in [0.15, 0.2) is 0 Å². The molecular formula is C20H27F4O5S-. The summed E-state index contributed by atoms with van der Waals surface area (Å²) in [4.78, 5) is 12.8. The molecule has 4 bridgehead atoms. The van der Waals surface area contributed by atoms with Crippen LogP contribution in [0.15, 0.2) is 0 Å². The predicted molar refractivity (Wildman–Crippen MR) is 96.9 cm³/mol. The van der Waals surface area contributed by atoms with Gasteiger partial charge in [-0.1, -0.05) is 0 Å². The lowest BCUT2D eigenvalue weighted by atomic mass is 9.39. The smallest absolute Gasteiger partial charge is 0.312 e. The van der Waals surface area contributed by atoms with Crippen molar-refractivity contribution < 1.29 is 40.1 Å². The van der Waals surface area contributed by atoms with Crippen LogP contribution in [0.4, 0.5) is 17.6 Å². The maximum atomic E-state index is 14.2. The third kappa shape index (κ3) is 3.65. The van der Waals surface area contributed by atoms with Crippen molar-refractivity contribution >= 4 is 16.1 Å². The normalized spacial score (nSPS) is 42.0. The Labute approximate surface area is 173 Å². The van der Waals surface area contributed by atoms with Gasteiger partial charge in [0.2, 0.25) is 0 Å². The van der Waals surface area contributed by atoms with E-state index in [9.17, 15) is 35.3 Å². The van der Waals surface area contributed by atoms with E-state index in [0.29, 0.717) is 25.7 Å². The minimum absolute atomic E-state index is 0.00191. The molecule has 0 heterocycles. The molecule has 0 aromatic carbocycles. The molecule has 0 radical (unpaired) electrons. The van der Waals surface area contributed by atoms with Crippen LogP contribution in [0.1, 0.15) is 64.2 Å². The van der Waals surface area contributed by atoms with Crippen LogP contribution in [-0.2, 0) is 19.6 Å². The van der Waals surface area contributed by atoms with E-state index in [1.54, 1.807) is 0 Å². The zero-order valence-corrected chi connectivity index (χ0v) is 17.5. The zero-order chi connectivity index (χ0) is 22.0. The van der Waals surface area contributed by atoms with Crippen LogP contribution in [0, 0.1) is 28.6 Å². The summed E-state index contributed by atoms with van der Waals surface area (Å²) < 4.78 is 93.4. The Bertz CT molecular complexity index is 796. The van der Waals surface area contributed by atoms with Crippen molar-refractivity contribution in [3.05, 3.63) is 0 Å². The first-order valence-corrected chi connectivity index (χ1v) is 12.2. The first-order chi connectivity index (χ1) is 13.8. The fraction of sp³-hybridized carbons (Fsp3) is 0.950. The number of ether oxygens (including phenoxy) is 1. The Morgan fingerprint density at radius 3 is 2.13 bits per heavy atom. The Kier molecular flexibility index (Phi) is 5.24. The molecule has 172 valence electrons. The van der Waals surface area contributed by atoms with Gasteiger partial charge < -0.3 is 9.29 Å². The molecule has 5 aliphatic rings. The van der Waals surface area contributed by atoms with E-state index in [2.05, 4.69) is 0 Å². The van der Waals surface area contributed by atoms with E-state index in [0.717, 1.165) is 12.8 Å². The van der Waals surface area contributed by atoms with E-state index in [1.807, 2.05) is 0 Å². The van der Waals surface area contributed by atoms with Gasteiger partial charge in [0, 0.05) is 12.8 Å². The number of alkyl halides is 4. The van der Waals surface area contributed by atoms with Gasteiger partial charge in [-0.25, -0.2) is 8.42 Å². The Hall–Kier alpha value is -0.900. The minimum atomic E-state index is -4.49. The number of rotatable bonds is 4. The summed E-state index contributed by atoms with van der Waals surface area (Å²) in [5, 5.41) is 0. The van der Waals surface area contributed by atoms with Gasteiger partial charge in [0.25, 0.3) is 0 Å². The molecule has 2 atom stereocenters. The number of hydrogen-bond donors (Lipinski definition) is 0. The molecule has 30 heavy (non-hydrogen) atoms. The van der Waals surface area contributed by atoms with Gasteiger partial charge in [0.05, 0.1) is 21.3 Å². The van der Waals surface area contributed by atoms with Crippen LogP contribution in [0.2, 0.25) is 0 Å². The van der Waals surface area contributed by atoms with Gasteiger partial charge >= 0.3 is 17.8 Å². The van der Waals surface area contributed by atoms with Gasteiger partial charge in [-0.05, 0) is 74.5 Å². The summed E-state index contributed by atoms with van der Waals surface area (Å²) in [7, 11) is -4.49. The molecule has 5 rings (SSSR count). The average Bonchev–Trinajstić information content (AvgIpc) is 2.60. The average molecular weight is 455 g/mol. The molecule has 0 amide bonds. The second-order valence-corrected chi connectivity index (χ2v) is 11.5. The highest BCUT2D eigenvalue weighted by atomic mass is 32.2. The minimum Gasteiger partial charge on any atom is -0.748 e. The van der Waals surface area contributed by atoms with Gasteiger partial charge in [-0.15, -0.1) is 0 Å². The molecule has 0 aromatic heterocycles. The van der Waals surface area contributed by atoms with Crippen LogP contribution in [0.25, 0.3) is 0 Å². The van der Waals surface area contributed by atoms with E-state index in [1.165, 1.54) is 0 Å². The van der Waals surface area contributed by atoms with Crippen molar-refractivity contribution in [1.29, 1.82) is 0 Å². The molecule has 5 saturated carbocycles. The lowest BCUT2D eigenvalue weighted by molar-refractivity contribution is -0.240. The number of hydrogen-bond acceptors (Lipinski definition) is 5.